The maximum absolute atomic E-state index is 13.1. The van der Waals surface area contributed by atoms with Gasteiger partial charge in [-0.15, -0.1) is 5.10 Å². The van der Waals surface area contributed by atoms with Crippen molar-refractivity contribution in [2.75, 3.05) is 5.32 Å². The van der Waals surface area contributed by atoms with Gasteiger partial charge >= 0.3 is 12.3 Å². The van der Waals surface area contributed by atoms with Gasteiger partial charge in [0.05, 0.1) is 17.1 Å². The molecule has 13 heteroatoms. The first-order valence-electron chi connectivity index (χ1n) is 11.0. The second-order valence-electron chi connectivity index (χ2n) is 9.10. The highest BCUT2D eigenvalue weighted by molar-refractivity contribution is 6.31. The molecule has 3 aromatic rings. The van der Waals surface area contributed by atoms with Crippen molar-refractivity contribution in [3.05, 3.63) is 51.6 Å². The van der Waals surface area contributed by atoms with Crippen LogP contribution in [0.1, 0.15) is 55.5 Å². The quantitative estimate of drug-likeness (QED) is 0.467. The molecule has 0 radical (unpaired) electrons. The summed E-state index contributed by atoms with van der Waals surface area (Å²) in [6, 6.07) is 3.19. The smallest absolute Gasteiger partial charge is 0.417 e. The molecule has 0 saturated heterocycles. The molecule has 0 saturated carbocycles. The molecule has 9 nitrogen and oxygen atoms in total. The lowest BCUT2D eigenvalue weighted by Crippen LogP contribution is -2.32. The third-order valence-electron chi connectivity index (χ3n) is 5.04. The summed E-state index contributed by atoms with van der Waals surface area (Å²) in [5.41, 5.74) is 0.427. The number of anilines is 1. The van der Waals surface area contributed by atoms with E-state index in [2.05, 4.69) is 25.7 Å². The van der Waals surface area contributed by atoms with Crippen molar-refractivity contribution in [1.82, 2.24) is 24.9 Å². The number of carbonyl (C=O) groups is 2. The zero-order valence-corrected chi connectivity index (χ0v) is 21.1. The molecule has 2 heterocycles. The van der Waals surface area contributed by atoms with Crippen molar-refractivity contribution in [2.45, 2.75) is 65.8 Å². The molecule has 2 amide bonds. The van der Waals surface area contributed by atoms with E-state index in [1.165, 1.54) is 10.6 Å². The molecule has 0 aliphatic carbocycles. The van der Waals surface area contributed by atoms with Crippen LogP contribution >= 0.6 is 11.6 Å². The van der Waals surface area contributed by atoms with Gasteiger partial charge in [0.15, 0.2) is 5.82 Å². The number of rotatable bonds is 6. The number of alkyl carbamates (subject to hydrolysis) is 1. The van der Waals surface area contributed by atoms with Crippen LogP contribution in [0, 0.1) is 13.8 Å². The van der Waals surface area contributed by atoms with Crippen molar-refractivity contribution < 1.29 is 27.5 Å². The molecule has 0 aliphatic rings. The first kappa shape index (κ1) is 27.2. The Labute approximate surface area is 210 Å². The topological polar surface area (TPSA) is 111 Å². The molecule has 2 aromatic heterocycles. The second-order valence-corrected chi connectivity index (χ2v) is 9.50. The minimum atomic E-state index is -4.63. The van der Waals surface area contributed by atoms with Crippen molar-refractivity contribution >= 4 is 35.1 Å². The number of aryl methyl sites for hydroxylation is 2. The maximum Gasteiger partial charge on any atom is 0.417 e. The normalized spacial score (nSPS) is 12.0. The van der Waals surface area contributed by atoms with E-state index in [1.807, 2.05) is 0 Å². The Balaban J connectivity index is 1.68. The van der Waals surface area contributed by atoms with Gasteiger partial charge in [0, 0.05) is 23.5 Å². The van der Waals surface area contributed by atoms with Crippen LogP contribution in [0.3, 0.4) is 0 Å². The Kier molecular flexibility index (Phi) is 7.77. The van der Waals surface area contributed by atoms with Gasteiger partial charge in [-0.2, -0.15) is 18.2 Å². The highest BCUT2D eigenvalue weighted by Crippen LogP contribution is 2.36. The van der Waals surface area contributed by atoms with Crippen molar-refractivity contribution in [3.63, 3.8) is 0 Å². The van der Waals surface area contributed by atoms with Gasteiger partial charge in [-0.3, -0.25) is 4.79 Å². The molecule has 36 heavy (non-hydrogen) atoms. The van der Waals surface area contributed by atoms with Gasteiger partial charge in [-0.05, 0) is 64.8 Å². The first-order chi connectivity index (χ1) is 16.6. The molecule has 3 rings (SSSR count). The average molecular weight is 527 g/mol. The largest absolute Gasteiger partial charge is 0.444 e. The van der Waals surface area contributed by atoms with Crippen LogP contribution in [0.25, 0.3) is 5.78 Å². The summed E-state index contributed by atoms with van der Waals surface area (Å²) < 4.78 is 45.9. The number of hydrogen-bond acceptors (Lipinski definition) is 6. The SMILES string of the molecule is Cc1nc2nc(CNC(=O)OC(C)(C)C)nn2c(C)c1CCC(=O)Nc1ccc(Cl)c(C(F)(F)F)c1. The fraction of sp³-hybridized carbons (Fsp3) is 0.435. The van der Waals surface area contributed by atoms with Gasteiger partial charge in [0.2, 0.25) is 5.91 Å². The zero-order chi connectivity index (χ0) is 26.8. The number of fused-ring (bicyclic) bond motifs is 1. The molecule has 0 bridgehead atoms. The van der Waals surface area contributed by atoms with Crippen LogP contribution in [-0.2, 0) is 28.7 Å². The van der Waals surface area contributed by atoms with E-state index in [4.69, 9.17) is 16.3 Å². The Morgan fingerprint density at radius 1 is 1.14 bits per heavy atom. The lowest BCUT2D eigenvalue weighted by atomic mass is 10.1. The van der Waals surface area contributed by atoms with E-state index < -0.39 is 34.4 Å². The number of nitrogens with zero attached hydrogens (tertiary/aromatic N) is 4. The summed E-state index contributed by atoms with van der Waals surface area (Å²) in [4.78, 5) is 33.1. The Hall–Kier alpha value is -3.41. The predicted molar refractivity (Wildman–Crippen MR) is 127 cm³/mol. The molecule has 1 aromatic carbocycles. The summed E-state index contributed by atoms with van der Waals surface area (Å²) in [6.07, 6.45) is -4.96. The van der Waals surface area contributed by atoms with E-state index in [9.17, 15) is 22.8 Å². The van der Waals surface area contributed by atoms with Crippen LogP contribution in [-0.4, -0.2) is 37.2 Å². The number of benzene rings is 1. The molecule has 2 N–H and O–H groups in total. The fourth-order valence-corrected chi connectivity index (χ4v) is 3.66. The summed E-state index contributed by atoms with van der Waals surface area (Å²) in [5.74, 6) is 0.194. The molecule has 0 fully saturated rings. The van der Waals surface area contributed by atoms with Gasteiger partial charge in [0.1, 0.15) is 5.60 Å². The van der Waals surface area contributed by atoms with Crippen LogP contribution in [0.4, 0.5) is 23.7 Å². The van der Waals surface area contributed by atoms with Crippen LogP contribution < -0.4 is 10.6 Å². The van der Waals surface area contributed by atoms with Crippen molar-refractivity contribution in [1.29, 1.82) is 0 Å². The molecular formula is C23H26ClF3N6O3. The van der Waals surface area contributed by atoms with Crippen molar-refractivity contribution in [3.8, 4) is 0 Å². The molecule has 0 aliphatic heterocycles. The average Bonchev–Trinajstić information content (AvgIpc) is 3.14. The highest BCUT2D eigenvalue weighted by atomic mass is 35.5. The van der Waals surface area contributed by atoms with Gasteiger partial charge in [-0.25, -0.2) is 14.3 Å². The number of aromatic nitrogens is 4. The highest BCUT2D eigenvalue weighted by Gasteiger charge is 2.33. The Morgan fingerprint density at radius 2 is 1.83 bits per heavy atom. The van der Waals surface area contributed by atoms with Crippen LogP contribution in [0.2, 0.25) is 5.02 Å². The first-order valence-corrected chi connectivity index (χ1v) is 11.4. The summed E-state index contributed by atoms with van der Waals surface area (Å²) >= 11 is 5.62. The third kappa shape index (κ3) is 6.84. The standard InChI is InChI=1S/C23H26ClF3N6O3/c1-12-15(7-9-19(34)30-14-6-8-17(24)16(10-14)23(25,26)27)13(2)33-20(29-12)31-18(32-33)11-28-21(35)36-22(3,4)5/h6,8,10H,7,9,11H2,1-5H3,(H,28,35)(H,30,34). The fourth-order valence-electron chi connectivity index (χ4n) is 3.43. The minimum Gasteiger partial charge on any atom is -0.444 e. The lowest BCUT2D eigenvalue weighted by molar-refractivity contribution is -0.137. The van der Waals surface area contributed by atoms with Gasteiger partial charge in [0.25, 0.3) is 5.78 Å². The van der Waals surface area contributed by atoms with E-state index in [-0.39, 0.29) is 25.1 Å². The van der Waals surface area contributed by atoms with Crippen molar-refractivity contribution in [2.24, 2.45) is 0 Å². The maximum atomic E-state index is 13.1. The molecular weight excluding hydrogens is 501 g/mol. The molecule has 0 spiro atoms. The number of amides is 2. The number of halogens is 4. The lowest BCUT2D eigenvalue weighted by Gasteiger charge is -2.19. The number of hydrogen-bond donors (Lipinski definition) is 2. The van der Waals surface area contributed by atoms with E-state index in [0.717, 1.165) is 17.7 Å². The monoisotopic (exact) mass is 526 g/mol. The second kappa shape index (κ2) is 10.3. The van der Waals surface area contributed by atoms with Crippen LogP contribution in [0.15, 0.2) is 18.2 Å². The predicted octanol–water partition coefficient (Wildman–Crippen LogP) is 5.01. The summed E-state index contributed by atoms with van der Waals surface area (Å²) in [6.45, 7) is 8.86. The van der Waals surface area contributed by atoms with E-state index in [0.29, 0.717) is 23.0 Å². The van der Waals surface area contributed by atoms with Gasteiger partial charge in [-0.1, -0.05) is 11.6 Å². The number of carbonyl (C=O) groups excluding carboxylic acids is 2. The number of ether oxygens (including phenoxy) is 1. The molecule has 0 atom stereocenters. The minimum absolute atomic E-state index is 0.000593. The van der Waals surface area contributed by atoms with E-state index in [1.54, 1.807) is 34.6 Å². The van der Waals surface area contributed by atoms with E-state index >= 15 is 0 Å². The number of nitrogens with one attached hydrogen (secondary N) is 2. The number of alkyl halides is 3. The summed E-state index contributed by atoms with van der Waals surface area (Å²) in [7, 11) is 0. The Bertz CT molecular complexity index is 1300. The zero-order valence-electron chi connectivity index (χ0n) is 20.4. The third-order valence-corrected chi connectivity index (χ3v) is 5.37. The van der Waals surface area contributed by atoms with Gasteiger partial charge < -0.3 is 15.4 Å². The Morgan fingerprint density at radius 3 is 2.47 bits per heavy atom. The van der Waals surface area contributed by atoms with Crippen LogP contribution in [0.5, 0.6) is 0 Å². The summed E-state index contributed by atoms with van der Waals surface area (Å²) in [5, 5.41) is 8.98. The molecule has 0 unspecified atom stereocenters. The molecule has 194 valence electrons.